The van der Waals surface area contributed by atoms with Gasteiger partial charge in [-0.25, -0.2) is 0 Å². The van der Waals surface area contributed by atoms with Gasteiger partial charge in [-0.3, -0.25) is 0 Å². The lowest BCUT2D eigenvalue weighted by molar-refractivity contribution is 0.289. The Balaban J connectivity index is 2.05. The molecule has 0 aromatic heterocycles. The molecule has 0 saturated carbocycles. The van der Waals surface area contributed by atoms with Gasteiger partial charge in [0.25, 0.3) is 0 Å². The van der Waals surface area contributed by atoms with E-state index in [4.69, 9.17) is 9.84 Å². The van der Waals surface area contributed by atoms with E-state index in [1.807, 2.05) is 6.07 Å². The SMILES string of the molecule is Cc1ccc(OCCCCCNCCO)cc1C. The van der Waals surface area contributed by atoms with Gasteiger partial charge in [0, 0.05) is 6.54 Å². The molecule has 0 aliphatic carbocycles. The quantitative estimate of drug-likeness (QED) is 0.662. The van der Waals surface area contributed by atoms with E-state index in [9.17, 15) is 0 Å². The summed E-state index contributed by atoms with van der Waals surface area (Å²) in [4.78, 5) is 0. The van der Waals surface area contributed by atoms with E-state index in [0.717, 1.165) is 38.2 Å². The summed E-state index contributed by atoms with van der Waals surface area (Å²) in [7, 11) is 0. The molecule has 0 unspecified atom stereocenters. The summed E-state index contributed by atoms with van der Waals surface area (Å²) in [5, 5.41) is 11.8. The van der Waals surface area contributed by atoms with Crippen molar-refractivity contribution in [2.45, 2.75) is 33.1 Å². The summed E-state index contributed by atoms with van der Waals surface area (Å²) in [6.07, 6.45) is 3.37. The third-order valence-electron chi connectivity index (χ3n) is 3.03. The van der Waals surface area contributed by atoms with Crippen LogP contribution in [0.1, 0.15) is 30.4 Å². The van der Waals surface area contributed by atoms with Crippen molar-refractivity contribution in [2.75, 3.05) is 26.3 Å². The first-order chi connectivity index (χ1) is 8.74. The minimum Gasteiger partial charge on any atom is -0.494 e. The first-order valence-electron chi connectivity index (χ1n) is 6.75. The predicted octanol–water partition coefficient (Wildman–Crippen LogP) is 2.43. The highest BCUT2D eigenvalue weighted by atomic mass is 16.5. The molecular formula is C15H25NO2. The molecule has 1 aromatic rings. The molecule has 18 heavy (non-hydrogen) atoms. The van der Waals surface area contributed by atoms with Crippen LogP contribution in [-0.4, -0.2) is 31.4 Å². The van der Waals surface area contributed by atoms with Crippen LogP contribution in [0, 0.1) is 13.8 Å². The molecule has 0 amide bonds. The fourth-order valence-corrected chi connectivity index (χ4v) is 1.73. The molecule has 102 valence electrons. The summed E-state index contributed by atoms with van der Waals surface area (Å²) >= 11 is 0. The molecule has 0 radical (unpaired) electrons. The van der Waals surface area contributed by atoms with Crippen molar-refractivity contribution in [3.8, 4) is 5.75 Å². The Bertz CT molecular complexity index is 339. The minimum absolute atomic E-state index is 0.218. The monoisotopic (exact) mass is 251 g/mol. The highest BCUT2D eigenvalue weighted by Crippen LogP contribution is 2.16. The largest absolute Gasteiger partial charge is 0.494 e. The standard InChI is InChI=1S/C15H25NO2/c1-13-6-7-15(12-14(13)2)18-11-5-3-4-8-16-9-10-17/h6-7,12,16-17H,3-5,8-11H2,1-2H3. The van der Waals surface area contributed by atoms with Crippen LogP contribution >= 0.6 is 0 Å². The number of rotatable bonds is 9. The van der Waals surface area contributed by atoms with E-state index in [-0.39, 0.29) is 6.61 Å². The van der Waals surface area contributed by atoms with Gasteiger partial charge in [0.2, 0.25) is 0 Å². The number of benzene rings is 1. The molecule has 0 heterocycles. The lowest BCUT2D eigenvalue weighted by Gasteiger charge is -2.08. The van der Waals surface area contributed by atoms with Gasteiger partial charge in [-0.2, -0.15) is 0 Å². The number of hydrogen-bond donors (Lipinski definition) is 2. The third kappa shape index (κ3) is 6.03. The maximum atomic E-state index is 8.59. The van der Waals surface area contributed by atoms with Crippen molar-refractivity contribution in [3.63, 3.8) is 0 Å². The molecule has 3 heteroatoms. The number of unbranched alkanes of at least 4 members (excludes halogenated alkanes) is 2. The number of aryl methyl sites for hydroxylation is 2. The van der Waals surface area contributed by atoms with Gasteiger partial charge in [0.05, 0.1) is 13.2 Å². The number of aliphatic hydroxyl groups is 1. The predicted molar refractivity (Wildman–Crippen MR) is 75.2 cm³/mol. The van der Waals surface area contributed by atoms with Crippen LogP contribution in [0.3, 0.4) is 0 Å². The minimum atomic E-state index is 0.218. The van der Waals surface area contributed by atoms with Crippen LogP contribution in [0.5, 0.6) is 5.75 Å². The molecular weight excluding hydrogens is 226 g/mol. The highest BCUT2D eigenvalue weighted by Gasteiger charge is 1.97. The maximum Gasteiger partial charge on any atom is 0.119 e. The van der Waals surface area contributed by atoms with Crippen LogP contribution in [0.2, 0.25) is 0 Å². The Morgan fingerprint density at radius 3 is 2.61 bits per heavy atom. The second-order valence-electron chi connectivity index (χ2n) is 4.63. The van der Waals surface area contributed by atoms with Gasteiger partial charge in [0.1, 0.15) is 5.75 Å². The molecule has 1 rings (SSSR count). The zero-order valence-electron chi connectivity index (χ0n) is 11.5. The highest BCUT2D eigenvalue weighted by molar-refractivity contribution is 5.33. The molecule has 0 aliphatic heterocycles. The van der Waals surface area contributed by atoms with E-state index < -0.39 is 0 Å². The van der Waals surface area contributed by atoms with Gasteiger partial charge in [0.15, 0.2) is 0 Å². The number of hydrogen-bond acceptors (Lipinski definition) is 3. The lowest BCUT2D eigenvalue weighted by Crippen LogP contribution is -2.19. The molecule has 2 N–H and O–H groups in total. The van der Waals surface area contributed by atoms with Crippen molar-refractivity contribution in [1.29, 1.82) is 0 Å². The van der Waals surface area contributed by atoms with Gasteiger partial charge in [-0.05, 0) is 62.9 Å². The zero-order valence-corrected chi connectivity index (χ0v) is 11.5. The van der Waals surface area contributed by atoms with E-state index in [0.29, 0.717) is 6.54 Å². The number of ether oxygens (including phenoxy) is 1. The van der Waals surface area contributed by atoms with Crippen LogP contribution in [0.25, 0.3) is 0 Å². The van der Waals surface area contributed by atoms with E-state index in [1.165, 1.54) is 11.1 Å². The topological polar surface area (TPSA) is 41.5 Å². The molecule has 0 spiro atoms. The summed E-state index contributed by atoms with van der Waals surface area (Å²) in [5.74, 6) is 0.969. The maximum absolute atomic E-state index is 8.59. The van der Waals surface area contributed by atoms with Crippen LogP contribution in [0.15, 0.2) is 18.2 Å². The van der Waals surface area contributed by atoms with Crippen LogP contribution < -0.4 is 10.1 Å². The molecule has 0 fully saturated rings. The Morgan fingerprint density at radius 1 is 1.06 bits per heavy atom. The summed E-state index contributed by atoms with van der Waals surface area (Å²) in [6.45, 7) is 6.88. The van der Waals surface area contributed by atoms with Crippen molar-refractivity contribution in [1.82, 2.24) is 5.32 Å². The lowest BCUT2D eigenvalue weighted by atomic mass is 10.1. The normalized spacial score (nSPS) is 10.6. The second-order valence-corrected chi connectivity index (χ2v) is 4.63. The van der Waals surface area contributed by atoms with Crippen molar-refractivity contribution >= 4 is 0 Å². The Labute approximate surface area is 110 Å². The fourth-order valence-electron chi connectivity index (χ4n) is 1.73. The number of aliphatic hydroxyl groups excluding tert-OH is 1. The first kappa shape index (κ1) is 15.0. The van der Waals surface area contributed by atoms with Gasteiger partial charge < -0.3 is 15.2 Å². The van der Waals surface area contributed by atoms with Crippen molar-refractivity contribution < 1.29 is 9.84 Å². The zero-order chi connectivity index (χ0) is 13.2. The Kier molecular flexibility index (Phi) is 7.46. The summed E-state index contributed by atoms with van der Waals surface area (Å²) < 4.78 is 5.71. The molecule has 0 saturated heterocycles. The number of nitrogens with one attached hydrogen (secondary N) is 1. The molecule has 0 aliphatic rings. The van der Waals surface area contributed by atoms with Crippen LogP contribution in [-0.2, 0) is 0 Å². The Hall–Kier alpha value is -1.06. The first-order valence-corrected chi connectivity index (χ1v) is 6.75. The van der Waals surface area contributed by atoms with E-state index >= 15 is 0 Å². The molecule has 3 nitrogen and oxygen atoms in total. The smallest absolute Gasteiger partial charge is 0.119 e. The van der Waals surface area contributed by atoms with Crippen molar-refractivity contribution in [3.05, 3.63) is 29.3 Å². The van der Waals surface area contributed by atoms with Crippen molar-refractivity contribution in [2.24, 2.45) is 0 Å². The fraction of sp³-hybridized carbons (Fsp3) is 0.600. The van der Waals surface area contributed by atoms with Gasteiger partial charge in [-0.15, -0.1) is 0 Å². The van der Waals surface area contributed by atoms with Gasteiger partial charge in [-0.1, -0.05) is 6.07 Å². The van der Waals surface area contributed by atoms with E-state index in [2.05, 4.69) is 31.3 Å². The summed E-state index contributed by atoms with van der Waals surface area (Å²) in [5.41, 5.74) is 2.58. The van der Waals surface area contributed by atoms with E-state index in [1.54, 1.807) is 0 Å². The second kappa shape index (κ2) is 8.95. The van der Waals surface area contributed by atoms with Crippen LogP contribution in [0.4, 0.5) is 0 Å². The Morgan fingerprint density at radius 2 is 1.89 bits per heavy atom. The average Bonchev–Trinajstić information content (AvgIpc) is 2.37. The average molecular weight is 251 g/mol. The molecule has 0 atom stereocenters. The third-order valence-corrected chi connectivity index (χ3v) is 3.03. The molecule has 0 bridgehead atoms. The van der Waals surface area contributed by atoms with Gasteiger partial charge >= 0.3 is 0 Å². The molecule has 1 aromatic carbocycles. The summed E-state index contributed by atoms with van der Waals surface area (Å²) in [6, 6.07) is 6.23.